The number of anilines is 1. The number of nitrogens with one attached hydrogen (secondary N) is 1. The summed E-state index contributed by atoms with van der Waals surface area (Å²) in [5.74, 6) is -1.01. The van der Waals surface area contributed by atoms with Crippen molar-refractivity contribution < 1.29 is 9.59 Å². The molecule has 7 atom stereocenters. The Balaban J connectivity index is 1.35. The van der Waals surface area contributed by atoms with Crippen LogP contribution in [-0.2, 0) is 9.59 Å². The number of thioether (sulfide) groups is 1. The molecule has 0 spiro atoms. The second kappa shape index (κ2) is 7.86. The normalized spacial score (nSPS) is 32.7. The number of amides is 2. The molecule has 2 aliphatic heterocycles. The summed E-state index contributed by atoms with van der Waals surface area (Å²) in [5, 5.41) is 2.44. The highest BCUT2D eigenvalue weighted by Crippen LogP contribution is 2.69. The highest BCUT2D eigenvalue weighted by atomic mass is 35.5. The van der Waals surface area contributed by atoms with E-state index in [9.17, 15) is 14.4 Å². The fraction of sp³-hybridized carbons (Fsp3) is 0.320. The number of H-pyrrole nitrogens is 1. The second-order valence-electron chi connectivity index (χ2n) is 9.59. The first-order valence-electron chi connectivity index (χ1n) is 11.3. The third-order valence-corrected chi connectivity index (χ3v) is 11.8. The molecule has 1 aromatic heterocycles. The van der Waals surface area contributed by atoms with Crippen LogP contribution in [0.15, 0.2) is 52.3 Å². The van der Waals surface area contributed by atoms with Crippen LogP contribution in [0.3, 0.4) is 0 Å². The molecule has 35 heavy (non-hydrogen) atoms. The third-order valence-electron chi connectivity index (χ3n) is 8.13. The molecule has 2 saturated carbocycles. The van der Waals surface area contributed by atoms with Gasteiger partial charge in [0.25, 0.3) is 0 Å². The summed E-state index contributed by atoms with van der Waals surface area (Å²) in [6.45, 7) is 0. The highest BCUT2D eigenvalue weighted by Gasteiger charge is 2.69. The summed E-state index contributed by atoms with van der Waals surface area (Å²) in [6, 6.07) is 12.4. The maximum absolute atomic E-state index is 13.7. The summed E-state index contributed by atoms with van der Waals surface area (Å²) in [4.78, 5) is 44.9. The van der Waals surface area contributed by atoms with Gasteiger partial charge in [0.1, 0.15) is 0 Å². The van der Waals surface area contributed by atoms with Gasteiger partial charge in [0.05, 0.1) is 32.6 Å². The summed E-state index contributed by atoms with van der Waals surface area (Å²) in [5.41, 5.74) is 1.44. The van der Waals surface area contributed by atoms with Gasteiger partial charge in [-0.3, -0.25) is 19.3 Å². The smallest absolute Gasteiger partial charge is 0.305 e. The van der Waals surface area contributed by atoms with E-state index in [1.54, 1.807) is 42.1 Å². The van der Waals surface area contributed by atoms with Crippen molar-refractivity contribution >= 4 is 75.4 Å². The Morgan fingerprint density at radius 3 is 2.37 bits per heavy atom. The van der Waals surface area contributed by atoms with Gasteiger partial charge >= 0.3 is 4.87 Å². The van der Waals surface area contributed by atoms with Crippen molar-refractivity contribution in [3.8, 4) is 0 Å². The van der Waals surface area contributed by atoms with E-state index in [-0.39, 0.29) is 57.4 Å². The minimum atomic E-state index is -0.372. The van der Waals surface area contributed by atoms with Crippen molar-refractivity contribution in [1.29, 1.82) is 0 Å². The van der Waals surface area contributed by atoms with Crippen molar-refractivity contribution in [1.82, 2.24) is 4.98 Å². The molecular formula is C25H17Cl3N2O3S2. The average molecular weight is 564 g/mol. The topological polar surface area (TPSA) is 70.2 Å². The van der Waals surface area contributed by atoms with E-state index in [1.165, 1.54) is 16.2 Å². The first-order chi connectivity index (χ1) is 16.8. The van der Waals surface area contributed by atoms with E-state index < -0.39 is 0 Å². The summed E-state index contributed by atoms with van der Waals surface area (Å²) in [7, 11) is 0. The predicted molar refractivity (Wildman–Crippen MR) is 139 cm³/mol. The number of carbonyl (C=O) groups is 2. The second-order valence-corrected chi connectivity index (χ2v) is 13.0. The van der Waals surface area contributed by atoms with Gasteiger partial charge in [-0.25, -0.2) is 0 Å². The number of hydrogen-bond acceptors (Lipinski definition) is 5. The van der Waals surface area contributed by atoms with Crippen LogP contribution >= 0.6 is 57.9 Å². The van der Waals surface area contributed by atoms with Crippen LogP contribution in [0.5, 0.6) is 0 Å². The van der Waals surface area contributed by atoms with Crippen LogP contribution in [-0.4, -0.2) is 22.0 Å². The number of rotatable bonds is 2. The Hall–Kier alpha value is -1.77. The molecule has 0 radical (unpaired) electrons. The average Bonchev–Trinajstić information content (AvgIpc) is 3.56. The van der Waals surface area contributed by atoms with Crippen LogP contribution in [0.2, 0.25) is 15.1 Å². The molecular weight excluding hydrogens is 547 g/mol. The summed E-state index contributed by atoms with van der Waals surface area (Å²) >= 11 is 22.0. The molecule has 1 saturated heterocycles. The molecule has 2 bridgehead atoms. The Kier molecular flexibility index (Phi) is 5.04. The highest BCUT2D eigenvalue weighted by molar-refractivity contribution is 8.00. The van der Waals surface area contributed by atoms with Gasteiger partial charge in [-0.05, 0) is 60.1 Å². The van der Waals surface area contributed by atoms with E-state index >= 15 is 0 Å². The first kappa shape index (κ1) is 22.4. The number of benzene rings is 2. The zero-order valence-electron chi connectivity index (χ0n) is 17.9. The van der Waals surface area contributed by atoms with Crippen LogP contribution < -0.4 is 9.77 Å². The molecule has 4 aliphatic rings. The SMILES string of the molecule is O=C1C2C3CC(C2C(=O)N1c1ccc(Cl)cc1)C1C(c2cccc(Cl)c2Cl)c2sc(=O)[nH]c2SC31. The zero-order valence-corrected chi connectivity index (χ0v) is 21.8. The summed E-state index contributed by atoms with van der Waals surface area (Å²) in [6.07, 6.45) is 0.817. The van der Waals surface area contributed by atoms with Crippen LogP contribution in [0, 0.1) is 29.6 Å². The molecule has 10 heteroatoms. The largest absolute Gasteiger partial charge is 0.307 e. The molecule has 2 aromatic carbocycles. The minimum Gasteiger partial charge on any atom is -0.307 e. The van der Waals surface area contributed by atoms with Crippen molar-refractivity contribution in [3.05, 3.63) is 77.6 Å². The molecule has 3 fully saturated rings. The van der Waals surface area contributed by atoms with E-state index in [0.717, 1.165) is 21.9 Å². The van der Waals surface area contributed by atoms with Crippen molar-refractivity contribution in [3.63, 3.8) is 0 Å². The lowest BCUT2D eigenvalue weighted by Crippen LogP contribution is -2.42. The molecule has 7 unspecified atom stereocenters. The molecule has 1 N–H and O–H groups in total. The first-order valence-corrected chi connectivity index (χ1v) is 14.1. The number of imide groups is 1. The van der Waals surface area contributed by atoms with Crippen LogP contribution in [0.1, 0.15) is 22.8 Å². The van der Waals surface area contributed by atoms with Gasteiger partial charge in [0.2, 0.25) is 11.8 Å². The number of thiazole rings is 1. The van der Waals surface area contributed by atoms with E-state index in [1.807, 2.05) is 12.1 Å². The van der Waals surface area contributed by atoms with E-state index in [0.29, 0.717) is 20.8 Å². The number of nitrogens with zero attached hydrogens (tertiary/aromatic N) is 1. The van der Waals surface area contributed by atoms with Gasteiger partial charge < -0.3 is 4.98 Å². The Labute approximate surface area is 223 Å². The Morgan fingerprint density at radius 2 is 1.63 bits per heavy atom. The maximum Gasteiger partial charge on any atom is 0.305 e. The third kappa shape index (κ3) is 3.05. The van der Waals surface area contributed by atoms with E-state index in [2.05, 4.69) is 4.98 Å². The number of aromatic amines is 1. The van der Waals surface area contributed by atoms with Gasteiger partial charge in [-0.1, -0.05) is 58.3 Å². The fourth-order valence-electron chi connectivity index (χ4n) is 6.97. The number of fused-ring (bicyclic) bond motifs is 9. The lowest BCUT2D eigenvalue weighted by atomic mass is 9.68. The van der Waals surface area contributed by atoms with Crippen LogP contribution in [0.25, 0.3) is 0 Å². The predicted octanol–water partition coefficient (Wildman–Crippen LogP) is 6.07. The van der Waals surface area contributed by atoms with Crippen molar-refractivity contribution in [2.24, 2.45) is 29.6 Å². The van der Waals surface area contributed by atoms with Crippen LogP contribution in [0.4, 0.5) is 5.69 Å². The van der Waals surface area contributed by atoms with Gasteiger partial charge in [-0.2, -0.15) is 0 Å². The lowest BCUT2D eigenvalue weighted by molar-refractivity contribution is -0.123. The molecule has 178 valence electrons. The Bertz CT molecular complexity index is 1470. The Morgan fingerprint density at radius 1 is 0.914 bits per heavy atom. The molecule has 3 heterocycles. The minimum absolute atomic E-state index is 0.0154. The van der Waals surface area contributed by atoms with Gasteiger partial charge in [0.15, 0.2) is 0 Å². The molecule has 7 rings (SSSR count). The monoisotopic (exact) mass is 562 g/mol. The van der Waals surface area contributed by atoms with Crippen molar-refractivity contribution in [2.75, 3.05) is 4.90 Å². The molecule has 2 aliphatic carbocycles. The van der Waals surface area contributed by atoms with Gasteiger partial charge in [-0.15, -0.1) is 11.8 Å². The quantitative estimate of drug-likeness (QED) is 0.384. The summed E-state index contributed by atoms with van der Waals surface area (Å²) < 4.78 is 0. The lowest BCUT2D eigenvalue weighted by Gasteiger charge is -2.43. The number of aromatic nitrogens is 1. The van der Waals surface area contributed by atoms with E-state index in [4.69, 9.17) is 34.8 Å². The molecule has 3 aromatic rings. The maximum atomic E-state index is 13.7. The number of hydrogen-bond donors (Lipinski definition) is 1. The van der Waals surface area contributed by atoms with Gasteiger partial charge in [0, 0.05) is 21.1 Å². The number of halogens is 3. The standard InChI is InChI=1S/C25H17Cl3N2O3S2/c26-9-4-6-10(7-5-9)30-23(31)17-12-8-13(18(17)24(30)32)20-16(12)15(11-2-1-3-14(27)19(11)28)21-22(34-20)29-25(33)35-21/h1-7,12-13,15-18,20H,8H2,(H,29,33). The zero-order chi connectivity index (χ0) is 24.2. The molecule has 2 amide bonds. The fourth-order valence-corrected chi connectivity index (χ4v) is 10.4. The number of carbonyl (C=O) groups excluding carboxylic acids is 2. The molecule has 5 nitrogen and oxygen atoms in total. The van der Waals surface area contributed by atoms with Crippen molar-refractivity contribution in [2.45, 2.75) is 22.6 Å².